The van der Waals surface area contributed by atoms with Gasteiger partial charge in [-0.3, -0.25) is 4.79 Å². The van der Waals surface area contributed by atoms with E-state index in [9.17, 15) is 18.0 Å². The molecule has 114 valence electrons. The highest BCUT2D eigenvalue weighted by Gasteiger charge is 2.37. The number of rotatable bonds is 0. The molecule has 1 N–H and O–H groups in total. The van der Waals surface area contributed by atoms with Gasteiger partial charge in [0, 0.05) is 55.2 Å². The second-order valence-corrected chi connectivity index (χ2v) is 6.38. The lowest BCUT2D eigenvalue weighted by Crippen LogP contribution is -2.53. The van der Waals surface area contributed by atoms with E-state index in [-0.39, 0.29) is 11.6 Å². The van der Waals surface area contributed by atoms with Gasteiger partial charge in [0.25, 0.3) is 5.91 Å². The summed E-state index contributed by atoms with van der Waals surface area (Å²) < 4.78 is 40.4. The van der Waals surface area contributed by atoms with Gasteiger partial charge in [-0.05, 0) is 6.07 Å². The van der Waals surface area contributed by atoms with Gasteiger partial charge in [0.2, 0.25) is 0 Å². The van der Waals surface area contributed by atoms with Crippen LogP contribution in [0.4, 0.5) is 19.0 Å². The van der Waals surface area contributed by atoms with E-state index in [2.05, 4.69) is 36.3 Å². The summed E-state index contributed by atoms with van der Waals surface area (Å²) in [5.41, 5.74) is -0.906. The molecule has 0 radical (unpaired) electrons. The molecule has 3 heterocycles. The standard InChI is InChI=1S/C12H12F3IN4O/c13-12(14,15)7-3-9-10(17-4-7)20-2-1-19(16)6-8(20)5-18-11(9)21/h3-4,8H,1-2,5-6H2,(H,18,21)/t8-/m1/s1. The van der Waals surface area contributed by atoms with Gasteiger partial charge in [0.1, 0.15) is 5.82 Å². The third-order valence-corrected chi connectivity index (χ3v) is 4.52. The number of hydrogen-bond donors (Lipinski definition) is 1. The lowest BCUT2D eigenvalue weighted by molar-refractivity contribution is -0.137. The zero-order valence-corrected chi connectivity index (χ0v) is 13.0. The fourth-order valence-electron chi connectivity index (χ4n) is 2.59. The molecule has 2 aliphatic heterocycles. The van der Waals surface area contributed by atoms with Gasteiger partial charge in [0.15, 0.2) is 0 Å². The third-order valence-electron chi connectivity index (χ3n) is 3.64. The molecule has 0 aromatic carbocycles. The topological polar surface area (TPSA) is 48.5 Å². The van der Waals surface area contributed by atoms with E-state index in [0.29, 0.717) is 18.9 Å². The van der Waals surface area contributed by atoms with Crippen LogP contribution in [-0.2, 0) is 6.18 Å². The Hall–Kier alpha value is -1.10. The van der Waals surface area contributed by atoms with Crippen molar-refractivity contribution in [2.45, 2.75) is 12.2 Å². The van der Waals surface area contributed by atoms with E-state index in [0.717, 1.165) is 25.4 Å². The Kier molecular flexibility index (Phi) is 3.72. The number of carbonyl (C=O) groups excluding carboxylic acids is 1. The Morgan fingerprint density at radius 3 is 2.86 bits per heavy atom. The Bertz CT molecular complexity index is 580. The number of halogens is 4. The largest absolute Gasteiger partial charge is 0.417 e. The van der Waals surface area contributed by atoms with E-state index in [4.69, 9.17) is 0 Å². The highest BCUT2D eigenvalue weighted by Crippen LogP contribution is 2.33. The van der Waals surface area contributed by atoms with Crippen LogP contribution >= 0.6 is 22.9 Å². The average molecular weight is 412 g/mol. The van der Waals surface area contributed by atoms with Crippen molar-refractivity contribution in [1.82, 2.24) is 13.4 Å². The van der Waals surface area contributed by atoms with E-state index in [1.165, 1.54) is 0 Å². The molecule has 9 heteroatoms. The summed E-state index contributed by atoms with van der Waals surface area (Å²) in [6.07, 6.45) is -3.71. The van der Waals surface area contributed by atoms with Gasteiger partial charge in [-0.15, -0.1) is 0 Å². The quantitative estimate of drug-likeness (QED) is 0.521. The van der Waals surface area contributed by atoms with Crippen molar-refractivity contribution < 1.29 is 18.0 Å². The Balaban J connectivity index is 2.04. The molecular formula is C12H12F3IN4O. The van der Waals surface area contributed by atoms with Crippen LogP contribution in [0.5, 0.6) is 0 Å². The maximum Gasteiger partial charge on any atom is 0.417 e. The van der Waals surface area contributed by atoms with E-state index in [1.807, 2.05) is 4.90 Å². The van der Waals surface area contributed by atoms with Gasteiger partial charge in [-0.2, -0.15) is 13.2 Å². The van der Waals surface area contributed by atoms with Crippen LogP contribution in [0.1, 0.15) is 15.9 Å². The maximum absolute atomic E-state index is 12.8. The van der Waals surface area contributed by atoms with Crippen molar-refractivity contribution >= 4 is 34.6 Å². The fraction of sp³-hybridized carbons (Fsp3) is 0.500. The van der Waals surface area contributed by atoms with Crippen molar-refractivity contribution in [3.8, 4) is 0 Å². The van der Waals surface area contributed by atoms with Crippen molar-refractivity contribution in [1.29, 1.82) is 0 Å². The summed E-state index contributed by atoms with van der Waals surface area (Å²) in [6.45, 7) is 2.53. The molecule has 0 bridgehead atoms. The first-order chi connectivity index (χ1) is 9.86. The smallest absolute Gasteiger partial charge is 0.350 e. The molecule has 2 aliphatic rings. The number of aromatic nitrogens is 1. The van der Waals surface area contributed by atoms with Gasteiger partial charge in [0.05, 0.1) is 17.2 Å². The van der Waals surface area contributed by atoms with Crippen LogP contribution in [0.2, 0.25) is 0 Å². The Morgan fingerprint density at radius 1 is 1.38 bits per heavy atom. The molecule has 0 saturated carbocycles. The van der Waals surface area contributed by atoms with Crippen LogP contribution in [0.3, 0.4) is 0 Å². The lowest BCUT2D eigenvalue weighted by Gasteiger charge is -2.38. The lowest BCUT2D eigenvalue weighted by atomic mass is 10.1. The van der Waals surface area contributed by atoms with Gasteiger partial charge in [-0.1, -0.05) is 0 Å². The second kappa shape index (κ2) is 5.27. The minimum atomic E-state index is -4.51. The number of amides is 1. The number of piperazine rings is 1. The van der Waals surface area contributed by atoms with Crippen molar-refractivity contribution in [2.24, 2.45) is 0 Å². The summed E-state index contributed by atoms with van der Waals surface area (Å²) in [5.74, 6) is -0.162. The average Bonchev–Trinajstić information content (AvgIpc) is 2.55. The third kappa shape index (κ3) is 2.80. The molecule has 21 heavy (non-hydrogen) atoms. The Labute approximate surface area is 133 Å². The molecule has 1 saturated heterocycles. The highest BCUT2D eigenvalue weighted by molar-refractivity contribution is 14.1. The molecule has 1 aromatic rings. The zero-order valence-electron chi connectivity index (χ0n) is 10.8. The number of nitrogens with one attached hydrogen (secondary N) is 1. The first-order valence-electron chi connectivity index (χ1n) is 6.39. The zero-order chi connectivity index (χ0) is 15.2. The van der Waals surface area contributed by atoms with E-state index in [1.54, 1.807) is 0 Å². The molecule has 1 aromatic heterocycles. The molecular weight excluding hydrogens is 400 g/mol. The first kappa shape index (κ1) is 14.8. The van der Waals surface area contributed by atoms with Crippen molar-refractivity contribution in [3.63, 3.8) is 0 Å². The Morgan fingerprint density at radius 2 is 2.14 bits per heavy atom. The summed E-state index contributed by atoms with van der Waals surface area (Å²) in [5, 5.41) is 2.68. The molecule has 0 unspecified atom stereocenters. The maximum atomic E-state index is 12.8. The van der Waals surface area contributed by atoms with Crippen LogP contribution in [-0.4, -0.2) is 46.2 Å². The second-order valence-electron chi connectivity index (χ2n) is 5.02. The SMILES string of the molecule is O=C1NC[C@@H]2CN(I)CCN2c2ncc(C(F)(F)F)cc21. The number of carbonyl (C=O) groups is 1. The number of nitrogens with zero attached hydrogens (tertiary/aromatic N) is 3. The van der Waals surface area contributed by atoms with Gasteiger partial charge in [-0.25, -0.2) is 8.10 Å². The molecule has 5 nitrogen and oxygen atoms in total. The predicted molar refractivity (Wildman–Crippen MR) is 78.3 cm³/mol. The number of fused-ring (bicyclic) bond motifs is 3. The molecule has 3 rings (SSSR count). The molecule has 1 atom stereocenters. The predicted octanol–water partition coefficient (Wildman–Crippen LogP) is 1.68. The minimum Gasteiger partial charge on any atom is -0.350 e. The molecule has 1 fully saturated rings. The van der Waals surface area contributed by atoms with Crippen molar-refractivity contribution in [3.05, 3.63) is 23.4 Å². The summed E-state index contributed by atoms with van der Waals surface area (Å²) in [4.78, 5) is 17.9. The number of anilines is 1. The van der Waals surface area contributed by atoms with Crippen LogP contribution in [0.25, 0.3) is 0 Å². The number of hydrogen-bond acceptors (Lipinski definition) is 4. The van der Waals surface area contributed by atoms with E-state index < -0.39 is 17.6 Å². The first-order valence-corrected chi connectivity index (χ1v) is 7.35. The molecule has 0 aliphatic carbocycles. The van der Waals surface area contributed by atoms with Crippen LogP contribution in [0, 0.1) is 0 Å². The minimum absolute atomic E-state index is 0.00534. The highest BCUT2D eigenvalue weighted by atomic mass is 127. The normalized spacial score (nSPS) is 23.1. The van der Waals surface area contributed by atoms with Gasteiger partial charge < -0.3 is 10.2 Å². The summed E-state index contributed by atoms with van der Waals surface area (Å²) in [7, 11) is 0. The number of pyridine rings is 1. The summed E-state index contributed by atoms with van der Waals surface area (Å²) in [6, 6.07) is 0.904. The van der Waals surface area contributed by atoms with E-state index >= 15 is 0 Å². The van der Waals surface area contributed by atoms with Crippen LogP contribution < -0.4 is 10.2 Å². The molecule has 1 amide bonds. The van der Waals surface area contributed by atoms with Crippen molar-refractivity contribution in [2.75, 3.05) is 31.1 Å². The van der Waals surface area contributed by atoms with Crippen LogP contribution in [0.15, 0.2) is 12.3 Å². The fourth-order valence-corrected chi connectivity index (χ4v) is 3.26. The molecule has 0 spiro atoms. The van der Waals surface area contributed by atoms with Gasteiger partial charge >= 0.3 is 6.18 Å². The monoisotopic (exact) mass is 412 g/mol. The summed E-state index contributed by atoms with van der Waals surface area (Å²) >= 11 is 2.20. The number of alkyl halides is 3.